The summed E-state index contributed by atoms with van der Waals surface area (Å²) in [4.78, 5) is 12.0. The molecule has 0 spiro atoms. The van der Waals surface area contributed by atoms with Gasteiger partial charge in [-0.15, -0.1) is 0 Å². The quantitative estimate of drug-likeness (QED) is 0.648. The molecule has 0 bridgehead atoms. The number of nitrogens with one attached hydrogen (secondary N) is 1. The number of thioether (sulfide) groups is 1. The summed E-state index contributed by atoms with van der Waals surface area (Å²) in [5.41, 5.74) is 0.897. The maximum atomic E-state index is 11.5. The second kappa shape index (κ2) is 5.99. The van der Waals surface area contributed by atoms with Gasteiger partial charge in [-0.25, -0.2) is 0 Å². The third-order valence-corrected chi connectivity index (χ3v) is 3.34. The highest BCUT2D eigenvalue weighted by Crippen LogP contribution is 2.26. The van der Waals surface area contributed by atoms with E-state index in [0.29, 0.717) is 15.0 Å². The van der Waals surface area contributed by atoms with Crippen LogP contribution in [0, 0.1) is 0 Å². The van der Waals surface area contributed by atoms with E-state index in [-0.39, 0.29) is 19.1 Å². The number of amides is 1. The van der Waals surface area contributed by atoms with Crippen LogP contribution in [-0.4, -0.2) is 28.5 Å². The van der Waals surface area contributed by atoms with Crippen molar-refractivity contribution in [2.75, 3.05) is 13.2 Å². The first-order valence-corrected chi connectivity index (χ1v) is 6.50. The smallest absolute Gasteiger partial charge is 0.263 e. The average Bonchev–Trinajstić information content (AvgIpc) is 2.67. The highest BCUT2D eigenvalue weighted by molar-refractivity contribution is 8.26. The Morgan fingerprint density at radius 1 is 1.39 bits per heavy atom. The first kappa shape index (κ1) is 13.1. The highest BCUT2D eigenvalue weighted by atomic mass is 32.2. The fourth-order valence-electron chi connectivity index (χ4n) is 1.40. The van der Waals surface area contributed by atoms with E-state index in [1.54, 1.807) is 18.2 Å². The predicted molar refractivity (Wildman–Crippen MR) is 75.3 cm³/mol. The lowest BCUT2D eigenvalue weighted by Crippen LogP contribution is -2.17. The number of hydrogen-bond acceptors (Lipinski definition) is 5. The predicted octanol–water partition coefficient (Wildman–Crippen LogP) is 1.55. The lowest BCUT2D eigenvalue weighted by Gasteiger charge is -2.03. The lowest BCUT2D eigenvalue weighted by atomic mass is 10.2. The highest BCUT2D eigenvalue weighted by Gasteiger charge is 2.21. The van der Waals surface area contributed by atoms with Gasteiger partial charge in [0.25, 0.3) is 5.91 Å². The van der Waals surface area contributed by atoms with E-state index in [0.717, 1.165) is 5.56 Å². The minimum atomic E-state index is -0.161. The summed E-state index contributed by atoms with van der Waals surface area (Å²) in [5.74, 6) is 0.524. The summed E-state index contributed by atoms with van der Waals surface area (Å²) in [5, 5.41) is 11.2. The number of rotatable bonds is 4. The molecule has 1 aromatic rings. The molecular formula is C12H11NO3S2. The first-order chi connectivity index (χ1) is 8.69. The Hall–Kier alpha value is -1.37. The molecule has 1 aromatic carbocycles. The minimum Gasteiger partial charge on any atom is -0.491 e. The third kappa shape index (κ3) is 3.32. The summed E-state index contributed by atoms with van der Waals surface area (Å²) >= 11 is 6.16. The van der Waals surface area contributed by atoms with Crippen LogP contribution in [0.3, 0.4) is 0 Å². The Labute approximate surface area is 114 Å². The van der Waals surface area contributed by atoms with Crippen LogP contribution in [0.15, 0.2) is 29.2 Å². The van der Waals surface area contributed by atoms with Gasteiger partial charge in [-0.2, -0.15) is 0 Å². The Balaban J connectivity index is 2.08. The van der Waals surface area contributed by atoms with Crippen molar-refractivity contribution in [2.24, 2.45) is 0 Å². The first-order valence-electron chi connectivity index (χ1n) is 5.27. The number of hydrogen-bond donors (Lipinski definition) is 2. The maximum Gasteiger partial charge on any atom is 0.263 e. The molecule has 94 valence electrons. The van der Waals surface area contributed by atoms with Crippen molar-refractivity contribution in [3.05, 3.63) is 34.7 Å². The van der Waals surface area contributed by atoms with Crippen molar-refractivity contribution in [3.8, 4) is 5.75 Å². The molecular weight excluding hydrogens is 270 g/mol. The van der Waals surface area contributed by atoms with E-state index >= 15 is 0 Å². The minimum absolute atomic E-state index is 0.0138. The SMILES string of the molecule is O=C1NC(=S)S/C1=C/c1ccc(OCCO)cc1. The number of aliphatic hydroxyl groups is 1. The number of thiocarbonyl (C=S) groups is 1. The topological polar surface area (TPSA) is 58.6 Å². The molecule has 0 atom stereocenters. The molecule has 1 saturated heterocycles. The van der Waals surface area contributed by atoms with Gasteiger partial charge in [0.15, 0.2) is 0 Å². The Kier molecular flexibility index (Phi) is 4.35. The van der Waals surface area contributed by atoms with Gasteiger partial charge in [0.2, 0.25) is 0 Å². The van der Waals surface area contributed by atoms with Crippen LogP contribution in [-0.2, 0) is 4.79 Å². The van der Waals surface area contributed by atoms with Gasteiger partial charge < -0.3 is 15.2 Å². The number of carbonyl (C=O) groups excluding carboxylic acids is 1. The standard InChI is InChI=1S/C12H11NO3S2/c14-5-6-16-9-3-1-8(2-4-9)7-10-11(15)13-12(17)18-10/h1-4,7,14H,5-6H2,(H,13,15,17)/b10-7+. The van der Waals surface area contributed by atoms with E-state index in [9.17, 15) is 4.79 Å². The van der Waals surface area contributed by atoms with Crippen molar-refractivity contribution in [1.82, 2.24) is 5.32 Å². The molecule has 1 aliphatic rings. The zero-order chi connectivity index (χ0) is 13.0. The molecule has 0 radical (unpaired) electrons. The second-order valence-corrected chi connectivity index (χ2v) is 5.21. The molecule has 2 rings (SSSR count). The zero-order valence-electron chi connectivity index (χ0n) is 9.38. The van der Waals surface area contributed by atoms with E-state index in [4.69, 9.17) is 22.1 Å². The van der Waals surface area contributed by atoms with Crippen molar-refractivity contribution < 1.29 is 14.6 Å². The van der Waals surface area contributed by atoms with E-state index in [1.807, 2.05) is 12.1 Å². The van der Waals surface area contributed by atoms with Crippen molar-refractivity contribution in [1.29, 1.82) is 0 Å². The number of aliphatic hydroxyl groups excluding tert-OH is 1. The van der Waals surface area contributed by atoms with Gasteiger partial charge in [0.05, 0.1) is 11.5 Å². The Morgan fingerprint density at radius 2 is 2.11 bits per heavy atom. The van der Waals surface area contributed by atoms with E-state index in [2.05, 4.69) is 5.32 Å². The number of benzene rings is 1. The molecule has 1 aliphatic heterocycles. The van der Waals surface area contributed by atoms with E-state index in [1.165, 1.54) is 11.8 Å². The van der Waals surface area contributed by atoms with Crippen LogP contribution < -0.4 is 10.1 Å². The second-order valence-electron chi connectivity index (χ2n) is 3.49. The van der Waals surface area contributed by atoms with Crippen LogP contribution in [0.5, 0.6) is 5.75 Å². The van der Waals surface area contributed by atoms with Crippen LogP contribution in [0.2, 0.25) is 0 Å². The molecule has 18 heavy (non-hydrogen) atoms. The molecule has 0 aliphatic carbocycles. The Bertz CT molecular complexity index is 497. The van der Waals surface area contributed by atoms with Crippen LogP contribution in [0.25, 0.3) is 6.08 Å². The van der Waals surface area contributed by atoms with Crippen LogP contribution in [0.1, 0.15) is 5.56 Å². The average molecular weight is 281 g/mol. The normalized spacial score (nSPS) is 17.1. The molecule has 1 fully saturated rings. The Morgan fingerprint density at radius 3 is 2.67 bits per heavy atom. The van der Waals surface area contributed by atoms with Gasteiger partial charge in [-0.3, -0.25) is 4.79 Å². The van der Waals surface area contributed by atoms with Crippen molar-refractivity contribution in [3.63, 3.8) is 0 Å². The summed E-state index contributed by atoms with van der Waals surface area (Å²) in [6.07, 6.45) is 1.77. The van der Waals surface area contributed by atoms with Crippen LogP contribution >= 0.6 is 24.0 Å². The maximum absolute atomic E-state index is 11.5. The summed E-state index contributed by atoms with van der Waals surface area (Å²) in [6.45, 7) is 0.257. The number of ether oxygens (including phenoxy) is 1. The van der Waals surface area contributed by atoms with Gasteiger partial charge in [0.1, 0.15) is 16.7 Å². The monoisotopic (exact) mass is 281 g/mol. The van der Waals surface area contributed by atoms with E-state index < -0.39 is 0 Å². The van der Waals surface area contributed by atoms with Crippen molar-refractivity contribution in [2.45, 2.75) is 0 Å². The molecule has 1 amide bonds. The summed E-state index contributed by atoms with van der Waals surface area (Å²) < 4.78 is 5.72. The molecule has 0 unspecified atom stereocenters. The third-order valence-electron chi connectivity index (χ3n) is 2.18. The molecule has 1 heterocycles. The number of carbonyl (C=O) groups is 1. The largest absolute Gasteiger partial charge is 0.491 e. The molecule has 6 heteroatoms. The fourth-order valence-corrected chi connectivity index (χ4v) is 2.44. The molecule has 4 nitrogen and oxygen atoms in total. The molecule has 0 aromatic heterocycles. The van der Waals surface area contributed by atoms with Crippen molar-refractivity contribution >= 4 is 40.3 Å². The summed E-state index contributed by atoms with van der Waals surface area (Å²) in [7, 11) is 0. The van der Waals surface area contributed by atoms with Gasteiger partial charge >= 0.3 is 0 Å². The molecule has 2 N–H and O–H groups in total. The van der Waals surface area contributed by atoms with Crippen LogP contribution in [0.4, 0.5) is 0 Å². The summed E-state index contributed by atoms with van der Waals surface area (Å²) in [6, 6.07) is 7.26. The molecule has 0 saturated carbocycles. The fraction of sp³-hybridized carbons (Fsp3) is 0.167. The van der Waals surface area contributed by atoms with Gasteiger partial charge in [-0.05, 0) is 23.8 Å². The zero-order valence-corrected chi connectivity index (χ0v) is 11.0. The van der Waals surface area contributed by atoms with Gasteiger partial charge in [0, 0.05) is 0 Å². The van der Waals surface area contributed by atoms with Gasteiger partial charge in [-0.1, -0.05) is 36.1 Å². The lowest BCUT2D eigenvalue weighted by molar-refractivity contribution is -0.115.